The summed E-state index contributed by atoms with van der Waals surface area (Å²) in [5, 5.41) is 2.19. The molecular formula is C23H15N3. The maximum absolute atomic E-state index is 4.68. The first kappa shape index (κ1) is 14.7. The normalized spacial score (nSPS) is 11.1. The van der Waals surface area contributed by atoms with E-state index in [1.165, 1.54) is 0 Å². The van der Waals surface area contributed by atoms with Gasteiger partial charge < -0.3 is 0 Å². The number of hydrogen-bond donors (Lipinski definition) is 0. The molecule has 0 radical (unpaired) electrons. The molecule has 122 valence electrons. The van der Waals surface area contributed by atoms with Crippen LogP contribution in [-0.2, 0) is 0 Å². The van der Waals surface area contributed by atoms with Gasteiger partial charge in [0, 0.05) is 46.1 Å². The molecule has 5 rings (SSSR count). The van der Waals surface area contributed by atoms with Crippen LogP contribution in [0, 0.1) is 0 Å². The zero-order valence-electron chi connectivity index (χ0n) is 14.0. The fourth-order valence-electron chi connectivity index (χ4n) is 3.24. The summed E-state index contributed by atoms with van der Waals surface area (Å²) in [4.78, 5) is 13.8. The largest absolute Gasteiger partial charge is 0.256 e. The summed E-state index contributed by atoms with van der Waals surface area (Å²) in [5.41, 5.74) is 6.07. The quantitative estimate of drug-likeness (QED) is 0.400. The molecule has 0 fully saturated rings. The van der Waals surface area contributed by atoms with Crippen LogP contribution in [0.15, 0.2) is 91.4 Å². The van der Waals surface area contributed by atoms with Crippen LogP contribution >= 0.6 is 0 Å². The van der Waals surface area contributed by atoms with Crippen molar-refractivity contribution in [3.63, 3.8) is 0 Å². The molecule has 26 heavy (non-hydrogen) atoms. The van der Waals surface area contributed by atoms with Gasteiger partial charge in [-0.05, 0) is 18.2 Å². The standard InChI is InChI=1S/C23H15N3/c1-2-5-16(6-3-1)21-11-10-19(14-25-21)20-13-18-9-8-17-7-4-12-24-22(17)23(18)26-15-20/h1-15H. The lowest BCUT2D eigenvalue weighted by molar-refractivity contribution is 1.32. The Morgan fingerprint density at radius 2 is 1.31 bits per heavy atom. The minimum absolute atomic E-state index is 0.931. The lowest BCUT2D eigenvalue weighted by Crippen LogP contribution is -1.88. The number of hydrogen-bond acceptors (Lipinski definition) is 3. The van der Waals surface area contributed by atoms with E-state index in [2.05, 4.69) is 63.5 Å². The van der Waals surface area contributed by atoms with E-state index in [-0.39, 0.29) is 0 Å². The highest BCUT2D eigenvalue weighted by Gasteiger charge is 2.06. The van der Waals surface area contributed by atoms with Gasteiger partial charge in [-0.15, -0.1) is 0 Å². The summed E-state index contributed by atoms with van der Waals surface area (Å²) in [6, 6.07) is 24.7. The first-order valence-corrected chi connectivity index (χ1v) is 8.54. The molecule has 0 N–H and O–H groups in total. The second-order valence-corrected chi connectivity index (χ2v) is 6.23. The van der Waals surface area contributed by atoms with Crippen molar-refractivity contribution in [3.8, 4) is 22.4 Å². The van der Waals surface area contributed by atoms with Crippen LogP contribution in [-0.4, -0.2) is 15.0 Å². The van der Waals surface area contributed by atoms with Gasteiger partial charge in [0.05, 0.1) is 16.7 Å². The Balaban J connectivity index is 1.57. The molecule has 0 spiro atoms. The Kier molecular flexibility index (Phi) is 3.42. The smallest absolute Gasteiger partial charge is 0.0964 e. The fourth-order valence-corrected chi connectivity index (χ4v) is 3.24. The van der Waals surface area contributed by atoms with E-state index < -0.39 is 0 Å². The third-order valence-corrected chi connectivity index (χ3v) is 4.59. The molecule has 0 aliphatic heterocycles. The molecule has 3 aromatic heterocycles. The van der Waals surface area contributed by atoms with Crippen molar-refractivity contribution in [2.45, 2.75) is 0 Å². The highest BCUT2D eigenvalue weighted by molar-refractivity contribution is 6.03. The third kappa shape index (κ3) is 2.50. The van der Waals surface area contributed by atoms with Crippen LogP contribution in [0.3, 0.4) is 0 Å². The van der Waals surface area contributed by atoms with Crippen molar-refractivity contribution in [2.75, 3.05) is 0 Å². The van der Waals surface area contributed by atoms with E-state index >= 15 is 0 Å². The predicted octanol–water partition coefficient (Wildman–Crippen LogP) is 5.51. The fraction of sp³-hybridized carbons (Fsp3) is 0. The van der Waals surface area contributed by atoms with Crippen molar-refractivity contribution in [2.24, 2.45) is 0 Å². The molecule has 0 aliphatic carbocycles. The topological polar surface area (TPSA) is 38.7 Å². The van der Waals surface area contributed by atoms with Gasteiger partial charge in [-0.25, -0.2) is 0 Å². The summed E-state index contributed by atoms with van der Waals surface area (Å²) in [6.07, 6.45) is 5.61. The van der Waals surface area contributed by atoms with E-state index in [4.69, 9.17) is 0 Å². The minimum Gasteiger partial charge on any atom is -0.256 e. The Morgan fingerprint density at radius 1 is 0.500 bits per heavy atom. The third-order valence-electron chi connectivity index (χ3n) is 4.59. The number of fused-ring (bicyclic) bond motifs is 3. The molecule has 5 aromatic rings. The summed E-state index contributed by atoms with van der Waals surface area (Å²) in [6.45, 7) is 0. The number of aromatic nitrogens is 3. The van der Waals surface area contributed by atoms with E-state index in [1.807, 2.05) is 42.9 Å². The van der Waals surface area contributed by atoms with Crippen LogP contribution in [0.1, 0.15) is 0 Å². The van der Waals surface area contributed by atoms with Crippen LogP contribution in [0.2, 0.25) is 0 Å². The van der Waals surface area contributed by atoms with Gasteiger partial charge in [-0.3, -0.25) is 15.0 Å². The number of benzene rings is 2. The zero-order valence-corrected chi connectivity index (χ0v) is 14.0. The van der Waals surface area contributed by atoms with Crippen molar-refractivity contribution >= 4 is 21.8 Å². The van der Waals surface area contributed by atoms with Crippen molar-refractivity contribution in [1.29, 1.82) is 0 Å². The number of nitrogens with zero attached hydrogens (tertiary/aromatic N) is 3. The van der Waals surface area contributed by atoms with Crippen LogP contribution < -0.4 is 0 Å². The van der Waals surface area contributed by atoms with Crippen LogP contribution in [0.25, 0.3) is 44.2 Å². The molecule has 3 heteroatoms. The van der Waals surface area contributed by atoms with Crippen LogP contribution in [0.4, 0.5) is 0 Å². The monoisotopic (exact) mass is 333 g/mol. The number of pyridine rings is 3. The van der Waals surface area contributed by atoms with Gasteiger partial charge in [0.2, 0.25) is 0 Å². The Morgan fingerprint density at radius 3 is 2.15 bits per heavy atom. The summed E-state index contributed by atoms with van der Waals surface area (Å²) in [7, 11) is 0. The molecule has 3 heterocycles. The van der Waals surface area contributed by atoms with E-state index in [1.54, 1.807) is 0 Å². The summed E-state index contributed by atoms with van der Waals surface area (Å²) < 4.78 is 0. The second-order valence-electron chi connectivity index (χ2n) is 6.23. The van der Waals surface area contributed by atoms with Crippen LogP contribution in [0.5, 0.6) is 0 Å². The summed E-state index contributed by atoms with van der Waals surface area (Å²) >= 11 is 0. The maximum atomic E-state index is 4.68. The molecule has 0 saturated carbocycles. The molecule has 0 atom stereocenters. The first-order chi connectivity index (χ1) is 12.9. The maximum Gasteiger partial charge on any atom is 0.0964 e. The molecule has 0 aliphatic rings. The second kappa shape index (κ2) is 6.05. The van der Waals surface area contributed by atoms with Crippen molar-refractivity contribution < 1.29 is 0 Å². The Labute approximate surface area is 151 Å². The van der Waals surface area contributed by atoms with Gasteiger partial charge in [-0.1, -0.05) is 54.6 Å². The van der Waals surface area contributed by atoms with Gasteiger partial charge >= 0.3 is 0 Å². The minimum atomic E-state index is 0.931. The first-order valence-electron chi connectivity index (χ1n) is 8.54. The average Bonchev–Trinajstić information content (AvgIpc) is 2.74. The SMILES string of the molecule is c1ccc(-c2ccc(-c3cnc4c(ccc5cccnc54)c3)cn2)cc1. The molecule has 0 bridgehead atoms. The van der Waals surface area contributed by atoms with Crippen molar-refractivity contribution in [3.05, 3.63) is 91.4 Å². The summed E-state index contributed by atoms with van der Waals surface area (Å²) in [5.74, 6) is 0. The lowest BCUT2D eigenvalue weighted by Gasteiger charge is -2.07. The lowest BCUT2D eigenvalue weighted by atomic mass is 10.0. The number of rotatable bonds is 2. The highest BCUT2D eigenvalue weighted by Crippen LogP contribution is 2.27. The van der Waals surface area contributed by atoms with Gasteiger partial charge in [0.1, 0.15) is 0 Å². The Bertz CT molecular complexity index is 1210. The van der Waals surface area contributed by atoms with E-state index in [9.17, 15) is 0 Å². The van der Waals surface area contributed by atoms with Gasteiger partial charge in [-0.2, -0.15) is 0 Å². The molecule has 0 saturated heterocycles. The predicted molar refractivity (Wildman–Crippen MR) is 106 cm³/mol. The Hall–Kier alpha value is -3.59. The molecule has 0 amide bonds. The molecule has 0 unspecified atom stereocenters. The zero-order chi connectivity index (χ0) is 17.3. The van der Waals surface area contributed by atoms with E-state index in [0.29, 0.717) is 0 Å². The van der Waals surface area contributed by atoms with Crippen molar-refractivity contribution in [1.82, 2.24) is 15.0 Å². The van der Waals surface area contributed by atoms with E-state index in [0.717, 1.165) is 44.2 Å². The average molecular weight is 333 g/mol. The molecular weight excluding hydrogens is 318 g/mol. The van der Waals surface area contributed by atoms with Gasteiger partial charge in [0.25, 0.3) is 0 Å². The van der Waals surface area contributed by atoms with Gasteiger partial charge in [0.15, 0.2) is 0 Å². The highest BCUT2D eigenvalue weighted by atomic mass is 14.7. The molecule has 2 aromatic carbocycles. The molecule has 3 nitrogen and oxygen atoms in total.